The first-order chi connectivity index (χ1) is 10.2. The molecule has 0 spiro atoms. The van der Waals surface area contributed by atoms with E-state index < -0.39 is 0 Å². The lowest BCUT2D eigenvalue weighted by Gasteiger charge is -2.19. The number of hydrogen-bond acceptors (Lipinski definition) is 3. The first-order valence-electron chi connectivity index (χ1n) is 7.48. The molecular formula is C16H22ClNO3. The zero-order valence-electron chi connectivity index (χ0n) is 12.4. The van der Waals surface area contributed by atoms with Crippen LogP contribution < -0.4 is 14.8 Å². The molecule has 0 saturated carbocycles. The Morgan fingerprint density at radius 3 is 2.76 bits per heavy atom. The molecule has 116 valence electrons. The minimum atomic E-state index is -0.0809. The monoisotopic (exact) mass is 311 g/mol. The molecule has 1 amide bonds. The SMILES string of the molecule is CCCC(CCCl)CNC(=O)c1ccc2c(c1)OCCO2. The Morgan fingerprint density at radius 2 is 2.05 bits per heavy atom. The molecule has 1 aromatic rings. The van der Waals surface area contributed by atoms with Crippen LogP contribution in [0.3, 0.4) is 0 Å². The second-order valence-corrected chi connectivity index (χ2v) is 5.58. The highest BCUT2D eigenvalue weighted by Crippen LogP contribution is 2.30. The summed E-state index contributed by atoms with van der Waals surface area (Å²) in [5.74, 6) is 2.32. The summed E-state index contributed by atoms with van der Waals surface area (Å²) in [6.07, 6.45) is 3.10. The van der Waals surface area contributed by atoms with E-state index in [0.29, 0.717) is 48.6 Å². The molecule has 1 aliphatic rings. The van der Waals surface area contributed by atoms with Crippen LogP contribution in [0.15, 0.2) is 18.2 Å². The van der Waals surface area contributed by atoms with Crippen molar-refractivity contribution in [1.82, 2.24) is 5.32 Å². The maximum absolute atomic E-state index is 12.2. The van der Waals surface area contributed by atoms with Gasteiger partial charge in [-0.05, 0) is 37.0 Å². The number of nitrogens with one attached hydrogen (secondary N) is 1. The lowest BCUT2D eigenvalue weighted by atomic mass is 10.0. The molecule has 1 aromatic carbocycles. The maximum Gasteiger partial charge on any atom is 0.251 e. The quantitative estimate of drug-likeness (QED) is 0.786. The first-order valence-corrected chi connectivity index (χ1v) is 8.01. The van der Waals surface area contributed by atoms with E-state index >= 15 is 0 Å². The number of alkyl halides is 1. The summed E-state index contributed by atoms with van der Waals surface area (Å²) in [6.45, 7) is 3.87. The van der Waals surface area contributed by atoms with Gasteiger partial charge in [-0.2, -0.15) is 0 Å². The van der Waals surface area contributed by atoms with Crippen molar-refractivity contribution in [3.8, 4) is 11.5 Å². The second-order valence-electron chi connectivity index (χ2n) is 5.20. The smallest absolute Gasteiger partial charge is 0.251 e. The number of benzene rings is 1. The van der Waals surface area contributed by atoms with Crippen LogP contribution in [-0.2, 0) is 0 Å². The molecule has 21 heavy (non-hydrogen) atoms. The summed E-state index contributed by atoms with van der Waals surface area (Å²) in [5, 5.41) is 2.98. The van der Waals surface area contributed by atoms with Gasteiger partial charge in [-0.1, -0.05) is 13.3 Å². The molecule has 0 fully saturated rings. The van der Waals surface area contributed by atoms with E-state index in [1.54, 1.807) is 18.2 Å². The van der Waals surface area contributed by atoms with Gasteiger partial charge in [0.05, 0.1) is 0 Å². The van der Waals surface area contributed by atoms with Crippen LogP contribution >= 0.6 is 11.6 Å². The summed E-state index contributed by atoms with van der Waals surface area (Å²) in [7, 11) is 0. The summed E-state index contributed by atoms with van der Waals surface area (Å²) in [4.78, 5) is 12.2. The van der Waals surface area contributed by atoms with Crippen molar-refractivity contribution >= 4 is 17.5 Å². The number of fused-ring (bicyclic) bond motifs is 1. The third-order valence-electron chi connectivity index (χ3n) is 3.57. The van der Waals surface area contributed by atoms with Crippen LogP contribution in [-0.4, -0.2) is 31.5 Å². The van der Waals surface area contributed by atoms with Crippen molar-refractivity contribution in [2.75, 3.05) is 25.6 Å². The predicted octanol–water partition coefficient (Wildman–Crippen LogP) is 3.23. The minimum absolute atomic E-state index is 0.0809. The van der Waals surface area contributed by atoms with Crippen molar-refractivity contribution in [2.24, 2.45) is 5.92 Å². The molecule has 0 radical (unpaired) electrons. The molecule has 4 nitrogen and oxygen atoms in total. The predicted molar refractivity (Wildman–Crippen MR) is 83.5 cm³/mol. The van der Waals surface area contributed by atoms with Gasteiger partial charge in [0.15, 0.2) is 11.5 Å². The van der Waals surface area contributed by atoms with Crippen molar-refractivity contribution in [3.63, 3.8) is 0 Å². The maximum atomic E-state index is 12.2. The van der Waals surface area contributed by atoms with Gasteiger partial charge in [-0.3, -0.25) is 4.79 Å². The van der Waals surface area contributed by atoms with E-state index in [2.05, 4.69) is 12.2 Å². The highest BCUT2D eigenvalue weighted by molar-refractivity contribution is 6.17. The van der Waals surface area contributed by atoms with Gasteiger partial charge in [0.25, 0.3) is 5.91 Å². The van der Waals surface area contributed by atoms with Gasteiger partial charge in [0.1, 0.15) is 13.2 Å². The Hall–Kier alpha value is -1.42. The Kier molecular flexibility index (Phi) is 6.18. The lowest BCUT2D eigenvalue weighted by molar-refractivity contribution is 0.0944. The van der Waals surface area contributed by atoms with Gasteiger partial charge in [-0.15, -0.1) is 11.6 Å². The van der Waals surface area contributed by atoms with Crippen LogP contribution in [0, 0.1) is 5.92 Å². The number of ether oxygens (including phenoxy) is 2. The zero-order chi connectivity index (χ0) is 15.1. The number of halogens is 1. The third kappa shape index (κ3) is 4.53. The average Bonchev–Trinajstić information content (AvgIpc) is 2.52. The Balaban J connectivity index is 1.93. The van der Waals surface area contributed by atoms with Gasteiger partial charge >= 0.3 is 0 Å². The van der Waals surface area contributed by atoms with E-state index in [0.717, 1.165) is 19.3 Å². The molecule has 1 N–H and O–H groups in total. The summed E-state index contributed by atoms with van der Waals surface area (Å²) in [5.41, 5.74) is 0.598. The fraction of sp³-hybridized carbons (Fsp3) is 0.562. The van der Waals surface area contributed by atoms with Crippen molar-refractivity contribution in [2.45, 2.75) is 26.2 Å². The van der Waals surface area contributed by atoms with E-state index in [4.69, 9.17) is 21.1 Å². The van der Waals surface area contributed by atoms with Crippen molar-refractivity contribution < 1.29 is 14.3 Å². The van der Waals surface area contributed by atoms with Crippen LogP contribution in [0.4, 0.5) is 0 Å². The Bertz CT molecular complexity index is 473. The molecule has 1 unspecified atom stereocenters. The van der Waals surface area contributed by atoms with Gasteiger partial charge in [0.2, 0.25) is 0 Å². The number of rotatable bonds is 7. The van der Waals surface area contributed by atoms with Crippen LogP contribution in [0.1, 0.15) is 36.5 Å². The molecule has 0 aliphatic carbocycles. The lowest BCUT2D eigenvalue weighted by Crippen LogP contribution is -2.29. The fourth-order valence-electron chi connectivity index (χ4n) is 2.43. The van der Waals surface area contributed by atoms with E-state index in [1.807, 2.05) is 0 Å². The van der Waals surface area contributed by atoms with Crippen LogP contribution in [0.2, 0.25) is 0 Å². The molecule has 5 heteroatoms. The third-order valence-corrected chi connectivity index (χ3v) is 3.79. The Morgan fingerprint density at radius 1 is 1.29 bits per heavy atom. The highest BCUT2D eigenvalue weighted by Gasteiger charge is 2.16. The normalized spacial score (nSPS) is 14.6. The largest absolute Gasteiger partial charge is 0.486 e. The summed E-state index contributed by atoms with van der Waals surface area (Å²) < 4.78 is 10.9. The molecule has 1 aliphatic heterocycles. The summed E-state index contributed by atoms with van der Waals surface area (Å²) >= 11 is 5.80. The molecule has 2 rings (SSSR count). The molecule has 0 aromatic heterocycles. The molecule has 1 atom stereocenters. The van der Waals surface area contributed by atoms with E-state index in [9.17, 15) is 4.79 Å². The Labute approximate surface area is 130 Å². The summed E-state index contributed by atoms with van der Waals surface area (Å²) in [6, 6.07) is 5.28. The van der Waals surface area contributed by atoms with E-state index in [1.165, 1.54) is 0 Å². The van der Waals surface area contributed by atoms with Crippen molar-refractivity contribution in [1.29, 1.82) is 0 Å². The highest BCUT2D eigenvalue weighted by atomic mass is 35.5. The number of amides is 1. The second kappa shape index (κ2) is 8.13. The van der Waals surface area contributed by atoms with Gasteiger partial charge in [0, 0.05) is 18.0 Å². The molecular weight excluding hydrogens is 290 g/mol. The van der Waals surface area contributed by atoms with Crippen LogP contribution in [0.5, 0.6) is 11.5 Å². The molecule has 0 saturated heterocycles. The van der Waals surface area contributed by atoms with Gasteiger partial charge in [-0.25, -0.2) is 0 Å². The van der Waals surface area contributed by atoms with E-state index in [-0.39, 0.29) is 5.91 Å². The average molecular weight is 312 g/mol. The zero-order valence-corrected chi connectivity index (χ0v) is 13.1. The number of hydrogen-bond donors (Lipinski definition) is 1. The topological polar surface area (TPSA) is 47.6 Å². The number of carbonyl (C=O) groups excluding carboxylic acids is 1. The molecule has 0 bridgehead atoms. The standard InChI is InChI=1S/C16H22ClNO3/c1-2-3-12(6-7-17)11-18-16(19)13-4-5-14-15(10-13)21-9-8-20-14/h4-5,10,12H,2-3,6-9,11H2,1H3,(H,18,19). The number of carbonyl (C=O) groups is 1. The fourth-order valence-corrected chi connectivity index (χ4v) is 2.74. The van der Waals surface area contributed by atoms with Gasteiger partial charge < -0.3 is 14.8 Å². The van der Waals surface area contributed by atoms with Crippen LogP contribution in [0.25, 0.3) is 0 Å². The first kappa shape index (κ1) is 16.0. The molecule has 1 heterocycles. The minimum Gasteiger partial charge on any atom is -0.486 e. The van der Waals surface area contributed by atoms with Crippen molar-refractivity contribution in [3.05, 3.63) is 23.8 Å².